The monoisotopic (exact) mass is 434 g/mol. The summed E-state index contributed by atoms with van der Waals surface area (Å²) in [7, 11) is -1.48. The van der Waals surface area contributed by atoms with Crippen LogP contribution in [-0.4, -0.2) is 21.5 Å². The summed E-state index contributed by atoms with van der Waals surface area (Å²) in [4.78, 5) is 0. The number of rotatable bonds is 19. The second-order valence-corrected chi connectivity index (χ2v) is 14.0. The molecule has 1 rings (SSSR count). The molecule has 0 radical (unpaired) electrons. The molecule has 30 heavy (non-hydrogen) atoms. The van der Waals surface area contributed by atoms with E-state index in [2.05, 4.69) is 58.1 Å². The molecule has 1 aromatic rings. The minimum atomic E-state index is -1.48. The molecule has 2 nitrogen and oxygen atoms in total. The van der Waals surface area contributed by atoms with Gasteiger partial charge in [-0.25, -0.2) is 0 Å². The Kier molecular flexibility index (Phi) is 15.5. The summed E-state index contributed by atoms with van der Waals surface area (Å²) in [5, 5.41) is 0. The molecule has 0 aliphatic rings. The van der Waals surface area contributed by atoms with E-state index >= 15 is 0 Å². The molecule has 0 amide bonds. The third-order valence-electron chi connectivity index (χ3n) is 6.16. The number of benzene rings is 1. The molecular formula is C27H50O2Si. The summed E-state index contributed by atoms with van der Waals surface area (Å²) < 4.78 is 12.0. The van der Waals surface area contributed by atoms with Gasteiger partial charge in [-0.2, -0.15) is 0 Å². The normalized spacial score (nSPS) is 13.0. The lowest BCUT2D eigenvalue weighted by Crippen LogP contribution is -2.31. The number of hydrogen-bond acceptors (Lipinski definition) is 2. The lowest BCUT2D eigenvalue weighted by Gasteiger charge is -2.22. The van der Waals surface area contributed by atoms with Crippen molar-refractivity contribution in [1.82, 2.24) is 0 Å². The molecular weight excluding hydrogens is 384 g/mol. The van der Waals surface area contributed by atoms with Crippen LogP contribution in [0.15, 0.2) is 24.3 Å². The minimum Gasteiger partial charge on any atom is -0.415 e. The van der Waals surface area contributed by atoms with Crippen LogP contribution in [0.5, 0.6) is 0 Å². The Bertz CT molecular complexity index is 512. The Hall–Kier alpha value is -0.643. The second kappa shape index (κ2) is 17.0. The molecule has 1 aromatic carbocycles. The first kappa shape index (κ1) is 27.4. The fraction of sp³-hybridized carbons (Fsp3) is 0.778. The molecule has 174 valence electrons. The van der Waals surface area contributed by atoms with Gasteiger partial charge in [-0.15, -0.1) is 0 Å². The fourth-order valence-corrected chi connectivity index (χ4v) is 5.92. The van der Waals surface area contributed by atoms with Crippen LogP contribution in [0.2, 0.25) is 19.1 Å². The van der Waals surface area contributed by atoms with Crippen molar-refractivity contribution in [2.24, 2.45) is 0 Å². The third-order valence-corrected chi connectivity index (χ3v) is 8.70. The van der Waals surface area contributed by atoms with Gasteiger partial charge in [0.15, 0.2) is 8.32 Å². The van der Waals surface area contributed by atoms with E-state index in [0.29, 0.717) is 19.1 Å². The highest BCUT2D eigenvalue weighted by molar-refractivity contribution is 6.71. The molecule has 0 aromatic heterocycles. The highest BCUT2D eigenvalue weighted by Crippen LogP contribution is 2.23. The molecule has 1 unspecified atom stereocenters. The summed E-state index contributed by atoms with van der Waals surface area (Å²) in [5.74, 6) is 0.656. The SMILES string of the molecule is CCCCCCCCCCC(C)c1ccc(COCCO[Si](C)(C)CCCC)cc1. The smallest absolute Gasteiger partial charge is 0.186 e. The first-order valence-corrected chi connectivity index (χ1v) is 15.9. The molecule has 0 bridgehead atoms. The van der Waals surface area contributed by atoms with Crippen molar-refractivity contribution < 1.29 is 9.16 Å². The van der Waals surface area contributed by atoms with Gasteiger partial charge in [-0.1, -0.05) is 109 Å². The molecule has 0 spiro atoms. The standard InChI is InChI=1S/C27H50O2Si/c1-6-8-10-11-12-13-14-15-16-25(3)27-19-17-26(18-20-27)24-28-21-22-29-30(4,5)23-9-7-2/h17-20,25H,6-16,21-24H2,1-5H3. The Labute approximate surface area is 189 Å². The minimum absolute atomic E-state index is 0.656. The van der Waals surface area contributed by atoms with E-state index in [4.69, 9.17) is 9.16 Å². The molecule has 0 aliphatic carbocycles. The van der Waals surface area contributed by atoms with Crippen molar-refractivity contribution in [3.8, 4) is 0 Å². The van der Waals surface area contributed by atoms with Gasteiger partial charge in [0, 0.05) is 0 Å². The van der Waals surface area contributed by atoms with Crippen LogP contribution in [-0.2, 0) is 15.8 Å². The summed E-state index contributed by atoms with van der Waals surface area (Å²) in [6.07, 6.45) is 15.0. The number of hydrogen-bond donors (Lipinski definition) is 0. The van der Waals surface area contributed by atoms with E-state index in [9.17, 15) is 0 Å². The van der Waals surface area contributed by atoms with Crippen LogP contribution < -0.4 is 0 Å². The molecule has 0 heterocycles. The average Bonchev–Trinajstić information content (AvgIpc) is 2.74. The topological polar surface area (TPSA) is 18.5 Å². The highest BCUT2D eigenvalue weighted by Gasteiger charge is 2.20. The van der Waals surface area contributed by atoms with E-state index in [1.165, 1.54) is 87.8 Å². The van der Waals surface area contributed by atoms with Gasteiger partial charge in [-0.05, 0) is 42.6 Å². The fourth-order valence-electron chi connectivity index (χ4n) is 3.94. The Morgan fingerprint density at radius 2 is 1.37 bits per heavy atom. The zero-order valence-corrected chi connectivity index (χ0v) is 21.8. The van der Waals surface area contributed by atoms with Gasteiger partial charge < -0.3 is 9.16 Å². The molecule has 0 saturated carbocycles. The highest BCUT2D eigenvalue weighted by atomic mass is 28.4. The average molecular weight is 435 g/mol. The summed E-state index contributed by atoms with van der Waals surface area (Å²) >= 11 is 0. The van der Waals surface area contributed by atoms with Gasteiger partial charge >= 0.3 is 0 Å². The van der Waals surface area contributed by atoms with E-state index in [-0.39, 0.29) is 0 Å². The van der Waals surface area contributed by atoms with Gasteiger partial charge in [0.25, 0.3) is 0 Å². The van der Waals surface area contributed by atoms with Crippen molar-refractivity contribution >= 4 is 8.32 Å². The molecule has 0 saturated heterocycles. The van der Waals surface area contributed by atoms with E-state index in [1.807, 2.05) is 0 Å². The summed E-state index contributed by atoms with van der Waals surface area (Å²) in [5.41, 5.74) is 2.73. The number of unbranched alkanes of at least 4 members (excludes halogenated alkanes) is 8. The Morgan fingerprint density at radius 3 is 2.00 bits per heavy atom. The molecule has 0 N–H and O–H groups in total. The van der Waals surface area contributed by atoms with Crippen molar-refractivity contribution in [3.05, 3.63) is 35.4 Å². The Morgan fingerprint density at radius 1 is 0.767 bits per heavy atom. The van der Waals surface area contributed by atoms with Crippen LogP contribution in [0.3, 0.4) is 0 Å². The molecule has 0 aliphatic heterocycles. The largest absolute Gasteiger partial charge is 0.415 e. The van der Waals surface area contributed by atoms with Crippen LogP contribution in [0, 0.1) is 0 Å². The van der Waals surface area contributed by atoms with E-state index in [1.54, 1.807) is 0 Å². The van der Waals surface area contributed by atoms with Crippen molar-refractivity contribution in [3.63, 3.8) is 0 Å². The zero-order chi connectivity index (χ0) is 22.1. The van der Waals surface area contributed by atoms with Gasteiger partial charge in [0.2, 0.25) is 0 Å². The Balaban J connectivity index is 2.14. The maximum absolute atomic E-state index is 6.11. The summed E-state index contributed by atoms with van der Waals surface area (Å²) in [6, 6.07) is 10.3. The lowest BCUT2D eigenvalue weighted by molar-refractivity contribution is 0.0862. The van der Waals surface area contributed by atoms with Crippen LogP contribution in [0.25, 0.3) is 0 Å². The van der Waals surface area contributed by atoms with E-state index in [0.717, 1.165) is 6.61 Å². The maximum Gasteiger partial charge on any atom is 0.186 e. The van der Waals surface area contributed by atoms with Crippen LogP contribution in [0.1, 0.15) is 108 Å². The lowest BCUT2D eigenvalue weighted by atomic mass is 9.94. The summed E-state index contributed by atoms with van der Waals surface area (Å²) in [6.45, 7) is 13.6. The van der Waals surface area contributed by atoms with Gasteiger partial charge in [-0.3, -0.25) is 0 Å². The quantitative estimate of drug-likeness (QED) is 0.160. The molecule has 3 heteroatoms. The molecule has 1 atom stereocenters. The third kappa shape index (κ3) is 13.6. The predicted molar refractivity (Wildman–Crippen MR) is 135 cm³/mol. The first-order chi connectivity index (χ1) is 14.5. The first-order valence-electron chi connectivity index (χ1n) is 12.8. The maximum atomic E-state index is 6.11. The second-order valence-electron chi connectivity index (χ2n) is 9.67. The molecule has 0 fully saturated rings. The zero-order valence-electron chi connectivity index (χ0n) is 20.8. The van der Waals surface area contributed by atoms with Crippen molar-refractivity contribution in [2.45, 2.75) is 123 Å². The van der Waals surface area contributed by atoms with Crippen molar-refractivity contribution in [2.75, 3.05) is 13.2 Å². The van der Waals surface area contributed by atoms with Gasteiger partial charge in [0.1, 0.15) is 0 Å². The predicted octanol–water partition coefficient (Wildman–Crippen LogP) is 8.86. The van der Waals surface area contributed by atoms with E-state index < -0.39 is 8.32 Å². The van der Waals surface area contributed by atoms with Crippen molar-refractivity contribution in [1.29, 1.82) is 0 Å². The van der Waals surface area contributed by atoms with Crippen LogP contribution >= 0.6 is 0 Å². The number of ether oxygens (including phenoxy) is 1. The van der Waals surface area contributed by atoms with Gasteiger partial charge in [0.05, 0.1) is 19.8 Å². The van der Waals surface area contributed by atoms with Crippen LogP contribution in [0.4, 0.5) is 0 Å².